The van der Waals surface area contributed by atoms with E-state index in [1.807, 2.05) is 0 Å². The van der Waals surface area contributed by atoms with Gasteiger partial charge in [0.15, 0.2) is 9.84 Å². The van der Waals surface area contributed by atoms with Crippen molar-refractivity contribution in [2.45, 2.75) is 16.7 Å². The second-order valence-electron chi connectivity index (χ2n) is 4.76. The van der Waals surface area contributed by atoms with E-state index >= 15 is 0 Å². The van der Waals surface area contributed by atoms with Crippen molar-refractivity contribution in [2.75, 3.05) is 11.5 Å². The van der Waals surface area contributed by atoms with E-state index in [0.717, 1.165) is 6.07 Å². The molecule has 13 heteroatoms. The normalized spacial score (nSPS) is 12.5. The molecule has 2 rings (SSSR count). The third-order valence-corrected chi connectivity index (χ3v) is 5.65. The third-order valence-electron chi connectivity index (χ3n) is 2.96. The van der Waals surface area contributed by atoms with Crippen LogP contribution in [0.1, 0.15) is 6.92 Å². The molecule has 0 aliphatic rings. The van der Waals surface area contributed by atoms with Gasteiger partial charge in [-0.25, -0.2) is 13.0 Å². The maximum absolute atomic E-state index is 12.1. The minimum Gasteiger partial charge on any atom is -0.398 e. The summed E-state index contributed by atoms with van der Waals surface area (Å²) in [5, 5.41) is 0.709. The topological polar surface area (TPSA) is 192 Å². The van der Waals surface area contributed by atoms with Crippen LogP contribution in [0.15, 0.2) is 40.1 Å². The van der Waals surface area contributed by atoms with E-state index in [4.69, 9.17) is 29.5 Å². The van der Waals surface area contributed by atoms with E-state index in [0.29, 0.717) is 10.8 Å². The Balaban J connectivity index is 0.000000550. The summed E-state index contributed by atoms with van der Waals surface area (Å²) in [5.74, 6) is -0.115. The van der Waals surface area contributed by atoms with Crippen molar-refractivity contribution in [2.24, 2.45) is 0 Å². The Morgan fingerprint density at radius 2 is 1.56 bits per heavy atom. The zero-order valence-electron chi connectivity index (χ0n) is 12.8. The molecule has 0 radical (unpaired) electrons. The van der Waals surface area contributed by atoms with Gasteiger partial charge in [-0.1, -0.05) is 19.1 Å². The lowest BCUT2D eigenvalue weighted by molar-refractivity contribution is 0.275. The smallest absolute Gasteiger partial charge is 0.398 e. The number of nitrogens with two attached hydrogens (primary N) is 1. The molecule has 2 aromatic rings. The Kier molecular flexibility index (Phi) is 6.35. The number of hydrogen-bond donors (Lipinski definition) is 5. The largest absolute Gasteiger partial charge is 0.466 e. The van der Waals surface area contributed by atoms with Crippen LogP contribution in [0.4, 0.5) is 5.69 Å². The first-order valence-electron chi connectivity index (χ1n) is 6.47. The van der Waals surface area contributed by atoms with Crippen LogP contribution in [-0.2, 0) is 24.5 Å². The van der Waals surface area contributed by atoms with Crippen molar-refractivity contribution in [1.29, 1.82) is 0 Å². The number of fused-ring (bicyclic) bond motifs is 1. The van der Waals surface area contributed by atoms with Gasteiger partial charge in [-0.3, -0.25) is 4.55 Å². The van der Waals surface area contributed by atoms with Crippen molar-refractivity contribution >= 4 is 44.2 Å². The predicted molar refractivity (Wildman–Crippen MR) is 90.2 cm³/mol. The highest BCUT2D eigenvalue weighted by atomic mass is 32.2. The minimum atomic E-state index is -4.64. The molecule has 0 aliphatic heterocycles. The lowest BCUT2D eigenvalue weighted by atomic mass is 10.1. The molecule has 0 fully saturated rings. The third kappa shape index (κ3) is 6.04. The average molecular weight is 413 g/mol. The van der Waals surface area contributed by atoms with Gasteiger partial charge in [-0.2, -0.15) is 8.42 Å². The Hall–Kier alpha value is -1.53. The highest BCUT2D eigenvalue weighted by Gasteiger charge is 2.20. The lowest BCUT2D eigenvalue weighted by Crippen LogP contribution is -2.08. The summed E-state index contributed by atoms with van der Waals surface area (Å²) < 4.78 is 64.2. The molecule has 0 unspecified atom stereocenters. The van der Waals surface area contributed by atoms with Crippen molar-refractivity contribution in [1.82, 2.24) is 0 Å². The average Bonchev–Trinajstić information content (AvgIpc) is 2.43. The summed E-state index contributed by atoms with van der Waals surface area (Å²) in [7, 11) is -12.5. The number of hydrogen-bond acceptors (Lipinski definition) is 6. The molecule has 10 nitrogen and oxygen atoms in total. The van der Waals surface area contributed by atoms with Crippen molar-refractivity contribution in [3.05, 3.63) is 30.3 Å². The van der Waals surface area contributed by atoms with Gasteiger partial charge >= 0.3 is 7.82 Å². The van der Waals surface area contributed by atoms with Crippen LogP contribution in [-0.4, -0.2) is 41.8 Å². The molecule has 0 saturated carbocycles. The predicted octanol–water partition coefficient (Wildman–Crippen LogP) is 0.534. The number of phosphoric acid groups is 1. The molecule has 0 amide bonds. The molecule has 0 saturated heterocycles. The van der Waals surface area contributed by atoms with E-state index in [1.54, 1.807) is 0 Å². The van der Waals surface area contributed by atoms with E-state index in [2.05, 4.69) is 0 Å². The van der Waals surface area contributed by atoms with Gasteiger partial charge in [0, 0.05) is 5.39 Å². The zero-order chi connectivity index (χ0) is 19.6. The molecule has 0 atom stereocenters. The molecular formula is C12H16NO9PS2. The second-order valence-corrected chi connectivity index (χ2v) is 9.42. The highest BCUT2D eigenvalue weighted by molar-refractivity contribution is 7.91. The van der Waals surface area contributed by atoms with Crippen LogP contribution >= 0.6 is 7.82 Å². The molecule has 0 aromatic heterocycles. The SMILES string of the molecule is CCS(=O)(=O)c1c(N)ccc2cc(S(=O)(=O)O)ccc12.O=P(O)(O)O. The van der Waals surface area contributed by atoms with Crippen molar-refractivity contribution < 1.29 is 40.6 Å². The first-order chi connectivity index (χ1) is 11.2. The Morgan fingerprint density at radius 1 is 1.04 bits per heavy atom. The molecule has 140 valence electrons. The molecule has 25 heavy (non-hydrogen) atoms. The molecule has 6 N–H and O–H groups in total. The first kappa shape index (κ1) is 21.5. The van der Waals surface area contributed by atoms with Crippen LogP contribution in [0, 0.1) is 0 Å². The first-order valence-corrected chi connectivity index (χ1v) is 11.1. The van der Waals surface area contributed by atoms with Gasteiger partial charge in [0.05, 0.1) is 21.2 Å². The van der Waals surface area contributed by atoms with Gasteiger partial charge in [0.1, 0.15) is 0 Å². The summed E-state index contributed by atoms with van der Waals surface area (Å²) in [6.45, 7) is 1.50. The number of anilines is 1. The van der Waals surface area contributed by atoms with Gasteiger partial charge < -0.3 is 20.4 Å². The van der Waals surface area contributed by atoms with Gasteiger partial charge in [-0.15, -0.1) is 0 Å². The number of sulfone groups is 1. The van der Waals surface area contributed by atoms with E-state index in [-0.39, 0.29) is 21.2 Å². The quantitative estimate of drug-likeness (QED) is 0.269. The lowest BCUT2D eigenvalue weighted by Gasteiger charge is -2.10. The summed E-state index contributed by atoms with van der Waals surface area (Å²) in [4.78, 5) is 21.3. The maximum atomic E-state index is 12.1. The summed E-state index contributed by atoms with van der Waals surface area (Å²) in [6, 6.07) is 6.59. The van der Waals surface area contributed by atoms with Crippen LogP contribution in [0.3, 0.4) is 0 Å². The molecular weight excluding hydrogens is 397 g/mol. The number of benzene rings is 2. The van der Waals surface area contributed by atoms with E-state index in [1.165, 1.54) is 31.2 Å². The molecule has 2 aromatic carbocycles. The van der Waals surface area contributed by atoms with Crippen LogP contribution < -0.4 is 5.73 Å². The van der Waals surface area contributed by atoms with Gasteiger partial charge in [-0.05, 0) is 23.6 Å². The molecule has 0 bridgehead atoms. The van der Waals surface area contributed by atoms with Crippen LogP contribution in [0.25, 0.3) is 10.8 Å². The zero-order valence-corrected chi connectivity index (χ0v) is 15.3. The summed E-state index contributed by atoms with van der Waals surface area (Å²) in [5.41, 5.74) is 5.84. The Morgan fingerprint density at radius 3 is 2.00 bits per heavy atom. The molecule has 0 aliphatic carbocycles. The standard InChI is InChI=1S/C12H13NO5S2.H3O4P/c1-2-19(14,15)12-10-5-4-9(20(16,17)18)7-8(10)3-6-11(12)13;1-5(2,3)4/h3-7H,2,13H2,1H3,(H,16,17,18);(H3,1,2,3,4). The van der Waals surface area contributed by atoms with E-state index in [9.17, 15) is 16.8 Å². The maximum Gasteiger partial charge on any atom is 0.466 e. The summed E-state index contributed by atoms with van der Waals surface area (Å²) in [6.07, 6.45) is 0. The van der Waals surface area contributed by atoms with E-state index < -0.39 is 27.8 Å². The highest BCUT2D eigenvalue weighted by Crippen LogP contribution is 2.31. The Bertz CT molecular complexity index is 1030. The van der Waals surface area contributed by atoms with Crippen molar-refractivity contribution in [3.63, 3.8) is 0 Å². The van der Waals surface area contributed by atoms with Gasteiger partial charge in [0.2, 0.25) is 0 Å². The van der Waals surface area contributed by atoms with Crippen LogP contribution in [0.5, 0.6) is 0 Å². The van der Waals surface area contributed by atoms with Gasteiger partial charge in [0.25, 0.3) is 10.1 Å². The monoisotopic (exact) mass is 413 g/mol. The second kappa shape index (κ2) is 7.38. The van der Waals surface area contributed by atoms with Crippen molar-refractivity contribution in [3.8, 4) is 0 Å². The fourth-order valence-electron chi connectivity index (χ4n) is 1.95. The number of rotatable bonds is 3. The molecule has 0 heterocycles. The Labute approximate surface area is 143 Å². The fourth-order valence-corrected chi connectivity index (χ4v) is 3.70. The fraction of sp³-hybridized carbons (Fsp3) is 0.167. The van der Waals surface area contributed by atoms with Crippen LogP contribution in [0.2, 0.25) is 0 Å². The minimum absolute atomic E-state index is 0.0145. The number of nitrogen functional groups attached to an aromatic ring is 1. The summed E-state index contributed by atoms with van der Waals surface area (Å²) >= 11 is 0. The molecule has 0 spiro atoms.